The van der Waals surface area contributed by atoms with E-state index in [9.17, 15) is 0 Å². The molecule has 3 N–H and O–H groups in total. The van der Waals surface area contributed by atoms with Crippen molar-refractivity contribution in [2.45, 2.75) is 6.42 Å². The maximum Gasteiger partial charge on any atom is 0.146 e. The molecule has 1 aromatic carbocycles. The summed E-state index contributed by atoms with van der Waals surface area (Å²) in [7, 11) is 0. The van der Waals surface area contributed by atoms with Crippen LogP contribution in [0.15, 0.2) is 42.7 Å². The number of nitrogens with one attached hydrogen (secondary N) is 1. The van der Waals surface area contributed by atoms with Crippen molar-refractivity contribution >= 4 is 5.82 Å². The Hall–Kier alpha value is -2.76. The first-order valence-electron chi connectivity index (χ1n) is 5.85. The summed E-state index contributed by atoms with van der Waals surface area (Å²) in [4.78, 5) is 8.66. The zero-order chi connectivity index (χ0) is 13.1. The summed E-state index contributed by atoms with van der Waals surface area (Å²) in [5.74, 6) is 0.421. The number of rotatable bonds is 3. The minimum Gasteiger partial charge on any atom is -0.382 e. The lowest BCUT2D eigenvalue weighted by molar-refractivity contribution is 0.939. The van der Waals surface area contributed by atoms with E-state index in [1.165, 1.54) is 0 Å². The Morgan fingerprint density at radius 1 is 1.11 bits per heavy atom. The molecule has 0 saturated heterocycles. The van der Waals surface area contributed by atoms with Crippen LogP contribution in [0.2, 0.25) is 0 Å². The largest absolute Gasteiger partial charge is 0.382 e. The number of H-pyrrole nitrogens is 1. The molecule has 0 saturated carbocycles. The lowest BCUT2D eigenvalue weighted by Crippen LogP contribution is -2.03. The summed E-state index contributed by atoms with van der Waals surface area (Å²) in [5, 5.41) is 10.1. The molecule has 0 radical (unpaired) electrons. The lowest BCUT2D eigenvalue weighted by Gasteiger charge is -2.05. The first-order valence-corrected chi connectivity index (χ1v) is 5.85. The van der Waals surface area contributed by atoms with Crippen LogP contribution < -0.4 is 5.73 Å². The summed E-state index contributed by atoms with van der Waals surface area (Å²) >= 11 is 0. The number of hydrogen-bond acceptors (Lipinski definition) is 5. The monoisotopic (exact) mass is 252 g/mol. The van der Waals surface area contributed by atoms with Crippen LogP contribution in [0.4, 0.5) is 5.82 Å². The Kier molecular flexibility index (Phi) is 2.89. The van der Waals surface area contributed by atoms with Gasteiger partial charge in [-0.1, -0.05) is 35.5 Å². The zero-order valence-corrected chi connectivity index (χ0v) is 10.1. The highest BCUT2D eigenvalue weighted by Gasteiger charge is 2.08. The molecule has 0 fully saturated rings. The second-order valence-corrected chi connectivity index (χ2v) is 4.11. The third-order valence-electron chi connectivity index (χ3n) is 2.77. The summed E-state index contributed by atoms with van der Waals surface area (Å²) < 4.78 is 0. The van der Waals surface area contributed by atoms with Crippen LogP contribution in [0.25, 0.3) is 11.4 Å². The van der Waals surface area contributed by atoms with Crippen molar-refractivity contribution in [1.82, 2.24) is 25.4 Å². The van der Waals surface area contributed by atoms with Crippen molar-refractivity contribution in [1.29, 1.82) is 0 Å². The Morgan fingerprint density at radius 3 is 2.63 bits per heavy atom. The van der Waals surface area contributed by atoms with Crippen molar-refractivity contribution in [3.8, 4) is 11.4 Å². The molecule has 3 rings (SSSR count). The van der Waals surface area contributed by atoms with E-state index in [4.69, 9.17) is 5.73 Å². The Morgan fingerprint density at radius 2 is 1.95 bits per heavy atom. The number of nitrogens with zero attached hydrogens (tertiary/aromatic N) is 4. The van der Waals surface area contributed by atoms with E-state index in [0.717, 1.165) is 11.3 Å². The van der Waals surface area contributed by atoms with E-state index < -0.39 is 0 Å². The van der Waals surface area contributed by atoms with E-state index >= 15 is 0 Å². The quantitative estimate of drug-likeness (QED) is 0.735. The SMILES string of the molecule is Nc1nc(-c2c[nH]nn2)cnc1Cc1ccccc1. The van der Waals surface area contributed by atoms with Gasteiger partial charge in [0.05, 0.1) is 18.1 Å². The molecule has 2 heterocycles. The highest BCUT2D eigenvalue weighted by molar-refractivity contribution is 5.54. The van der Waals surface area contributed by atoms with Gasteiger partial charge in [-0.15, -0.1) is 5.10 Å². The van der Waals surface area contributed by atoms with Crippen LogP contribution in [0, 0.1) is 0 Å². The van der Waals surface area contributed by atoms with E-state index in [1.807, 2.05) is 30.3 Å². The minimum absolute atomic E-state index is 0.421. The molecule has 19 heavy (non-hydrogen) atoms. The topological polar surface area (TPSA) is 93.4 Å². The molecule has 0 spiro atoms. The number of nitrogen functional groups attached to an aromatic ring is 1. The summed E-state index contributed by atoms with van der Waals surface area (Å²) in [6.07, 6.45) is 3.98. The van der Waals surface area contributed by atoms with Gasteiger partial charge in [-0.25, -0.2) is 4.98 Å². The molecule has 0 amide bonds. The minimum atomic E-state index is 0.421. The fraction of sp³-hybridized carbons (Fsp3) is 0.0769. The molecule has 0 aliphatic rings. The van der Waals surface area contributed by atoms with Gasteiger partial charge in [-0.2, -0.15) is 0 Å². The van der Waals surface area contributed by atoms with Crippen LogP contribution in [-0.4, -0.2) is 25.4 Å². The molecular weight excluding hydrogens is 240 g/mol. The van der Waals surface area contributed by atoms with Gasteiger partial charge in [0.15, 0.2) is 0 Å². The average Bonchev–Trinajstić information content (AvgIpc) is 2.96. The zero-order valence-electron chi connectivity index (χ0n) is 10.1. The van der Waals surface area contributed by atoms with E-state index in [1.54, 1.807) is 12.4 Å². The highest BCUT2D eigenvalue weighted by Crippen LogP contribution is 2.17. The number of hydrogen-bond donors (Lipinski definition) is 2. The van der Waals surface area contributed by atoms with E-state index in [-0.39, 0.29) is 0 Å². The molecule has 2 aromatic heterocycles. The average molecular weight is 252 g/mol. The van der Waals surface area contributed by atoms with E-state index in [2.05, 4.69) is 25.4 Å². The molecule has 94 valence electrons. The number of aromatic amines is 1. The fourth-order valence-electron chi connectivity index (χ4n) is 1.80. The first kappa shape index (κ1) is 11.3. The molecule has 0 unspecified atom stereocenters. The molecule has 0 bridgehead atoms. The third kappa shape index (κ3) is 2.42. The highest BCUT2D eigenvalue weighted by atomic mass is 15.3. The molecule has 0 aliphatic heterocycles. The van der Waals surface area contributed by atoms with Crippen LogP contribution >= 0.6 is 0 Å². The van der Waals surface area contributed by atoms with Crippen molar-refractivity contribution in [3.63, 3.8) is 0 Å². The maximum atomic E-state index is 5.94. The second kappa shape index (κ2) is 4.85. The molecular formula is C13H12N6. The van der Waals surface area contributed by atoms with Gasteiger partial charge in [0, 0.05) is 6.42 Å². The predicted molar refractivity (Wildman–Crippen MR) is 71.1 cm³/mol. The number of anilines is 1. The van der Waals surface area contributed by atoms with Gasteiger partial charge in [0.1, 0.15) is 17.2 Å². The van der Waals surface area contributed by atoms with Gasteiger partial charge in [0.25, 0.3) is 0 Å². The molecule has 3 aromatic rings. The van der Waals surface area contributed by atoms with Crippen LogP contribution in [0.3, 0.4) is 0 Å². The first-order chi connectivity index (χ1) is 9.33. The normalized spacial score (nSPS) is 10.5. The van der Waals surface area contributed by atoms with E-state index in [0.29, 0.717) is 23.6 Å². The number of aromatic nitrogens is 5. The van der Waals surface area contributed by atoms with Gasteiger partial charge in [-0.05, 0) is 5.56 Å². The third-order valence-corrected chi connectivity index (χ3v) is 2.77. The van der Waals surface area contributed by atoms with Crippen LogP contribution in [0.1, 0.15) is 11.3 Å². The lowest BCUT2D eigenvalue weighted by atomic mass is 10.1. The standard InChI is InChI=1S/C13H12N6/c14-13-10(6-9-4-2-1-3-5-9)15-7-11(17-13)12-8-16-19-18-12/h1-5,7-8H,6H2,(H2,14,17)(H,16,18,19). The summed E-state index contributed by atoms with van der Waals surface area (Å²) in [5.41, 5.74) is 9.10. The Balaban J connectivity index is 1.88. The molecule has 6 heteroatoms. The van der Waals surface area contributed by atoms with Crippen molar-refractivity contribution in [2.24, 2.45) is 0 Å². The maximum absolute atomic E-state index is 5.94. The Bertz CT molecular complexity index is 663. The van der Waals surface area contributed by atoms with Gasteiger partial charge in [0.2, 0.25) is 0 Å². The number of benzene rings is 1. The fourth-order valence-corrected chi connectivity index (χ4v) is 1.80. The van der Waals surface area contributed by atoms with Crippen molar-refractivity contribution in [3.05, 3.63) is 54.0 Å². The van der Waals surface area contributed by atoms with Crippen molar-refractivity contribution in [2.75, 3.05) is 5.73 Å². The second-order valence-electron chi connectivity index (χ2n) is 4.11. The van der Waals surface area contributed by atoms with Gasteiger partial charge < -0.3 is 5.73 Å². The smallest absolute Gasteiger partial charge is 0.146 e. The van der Waals surface area contributed by atoms with Gasteiger partial charge in [-0.3, -0.25) is 10.1 Å². The number of nitrogens with two attached hydrogens (primary N) is 1. The predicted octanol–water partition coefficient (Wildman–Crippen LogP) is 1.43. The molecule has 6 nitrogen and oxygen atoms in total. The van der Waals surface area contributed by atoms with Gasteiger partial charge >= 0.3 is 0 Å². The van der Waals surface area contributed by atoms with Crippen molar-refractivity contribution < 1.29 is 0 Å². The summed E-state index contributed by atoms with van der Waals surface area (Å²) in [6.45, 7) is 0. The van der Waals surface area contributed by atoms with Crippen LogP contribution in [0.5, 0.6) is 0 Å². The molecule has 0 aliphatic carbocycles. The summed E-state index contributed by atoms with van der Waals surface area (Å²) in [6, 6.07) is 10.0. The van der Waals surface area contributed by atoms with Crippen LogP contribution in [-0.2, 0) is 6.42 Å². The molecule has 0 atom stereocenters. The Labute approximate surface area is 109 Å².